The molecule has 6 heteroatoms. The summed E-state index contributed by atoms with van der Waals surface area (Å²) in [6, 6.07) is 14.9. The van der Waals surface area contributed by atoms with Crippen LogP contribution in [0.2, 0.25) is 10.0 Å². The molecular formula is C18H14Cl2N2O2. The molecule has 1 heterocycles. The smallest absolute Gasteiger partial charge is 0.371 e. The predicted molar refractivity (Wildman–Crippen MR) is 94.1 cm³/mol. The van der Waals surface area contributed by atoms with Crippen LogP contribution in [0.1, 0.15) is 33.1 Å². The largest absolute Gasteiger partial charge is 0.475 e. The SMILES string of the molecule is O=C(O)c1nc(Cc2ccc(Cl)cc2)c(Cc2ccc(Cl)cc2)[nH]1. The third-order valence-electron chi connectivity index (χ3n) is 3.65. The number of nitrogens with one attached hydrogen (secondary N) is 1. The van der Waals surface area contributed by atoms with Gasteiger partial charge in [-0.3, -0.25) is 0 Å². The maximum atomic E-state index is 11.2. The van der Waals surface area contributed by atoms with Crippen molar-refractivity contribution in [3.63, 3.8) is 0 Å². The second-order valence-corrected chi connectivity index (χ2v) is 6.30. The van der Waals surface area contributed by atoms with E-state index in [0.717, 1.165) is 16.8 Å². The third-order valence-corrected chi connectivity index (χ3v) is 4.15. The molecule has 1 aromatic heterocycles. The topological polar surface area (TPSA) is 66.0 Å². The van der Waals surface area contributed by atoms with E-state index in [-0.39, 0.29) is 5.82 Å². The molecule has 0 bridgehead atoms. The van der Waals surface area contributed by atoms with Crippen molar-refractivity contribution in [1.82, 2.24) is 9.97 Å². The number of hydrogen-bond acceptors (Lipinski definition) is 2. The summed E-state index contributed by atoms with van der Waals surface area (Å²) in [4.78, 5) is 18.4. The van der Waals surface area contributed by atoms with E-state index in [1.807, 2.05) is 36.4 Å². The molecule has 0 fully saturated rings. The van der Waals surface area contributed by atoms with E-state index in [2.05, 4.69) is 9.97 Å². The summed E-state index contributed by atoms with van der Waals surface area (Å²) in [5.74, 6) is -1.13. The van der Waals surface area contributed by atoms with Crippen molar-refractivity contribution in [2.24, 2.45) is 0 Å². The fourth-order valence-corrected chi connectivity index (χ4v) is 2.69. The highest BCUT2D eigenvalue weighted by molar-refractivity contribution is 6.30. The number of nitrogens with zero attached hydrogens (tertiary/aromatic N) is 1. The van der Waals surface area contributed by atoms with E-state index >= 15 is 0 Å². The van der Waals surface area contributed by atoms with Gasteiger partial charge in [0.1, 0.15) is 0 Å². The molecule has 0 unspecified atom stereocenters. The van der Waals surface area contributed by atoms with Gasteiger partial charge in [-0.25, -0.2) is 9.78 Å². The molecule has 0 atom stereocenters. The first kappa shape index (κ1) is 16.6. The Hall–Kier alpha value is -2.30. The van der Waals surface area contributed by atoms with Crippen LogP contribution in [-0.4, -0.2) is 21.0 Å². The van der Waals surface area contributed by atoms with E-state index in [1.54, 1.807) is 12.1 Å². The summed E-state index contributed by atoms with van der Waals surface area (Å²) in [5.41, 5.74) is 3.53. The molecule has 4 nitrogen and oxygen atoms in total. The van der Waals surface area contributed by atoms with Gasteiger partial charge in [0.05, 0.1) is 5.69 Å². The zero-order valence-electron chi connectivity index (χ0n) is 12.6. The third kappa shape index (κ3) is 3.96. The van der Waals surface area contributed by atoms with E-state index in [0.29, 0.717) is 28.6 Å². The van der Waals surface area contributed by atoms with Crippen molar-refractivity contribution < 1.29 is 9.90 Å². The highest BCUT2D eigenvalue weighted by Gasteiger charge is 2.15. The number of aromatic amines is 1. The Morgan fingerprint density at radius 2 is 1.42 bits per heavy atom. The van der Waals surface area contributed by atoms with Crippen molar-refractivity contribution in [3.05, 3.63) is 86.9 Å². The highest BCUT2D eigenvalue weighted by atomic mass is 35.5. The molecule has 0 saturated carbocycles. The van der Waals surface area contributed by atoms with Crippen molar-refractivity contribution in [1.29, 1.82) is 0 Å². The van der Waals surface area contributed by atoms with Gasteiger partial charge in [0.15, 0.2) is 0 Å². The fourth-order valence-electron chi connectivity index (χ4n) is 2.44. The number of aromatic carboxylic acids is 1. The molecule has 0 spiro atoms. The Bertz CT molecular complexity index is 791. The molecule has 24 heavy (non-hydrogen) atoms. The van der Waals surface area contributed by atoms with Gasteiger partial charge in [0.25, 0.3) is 0 Å². The van der Waals surface area contributed by atoms with Crippen LogP contribution in [0.3, 0.4) is 0 Å². The summed E-state index contributed by atoms with van der Waals surface area (Å²) in [6.07, 6.45) is 1.09. The first-order valence-electron chi connectivity index (χ1n) is 7.31. The van der Waals surface area contributed by atoms with E-state index < -0.39 is 5.97 Å². The Morgan fingerprint density at radius 3 is 1.92 bits per heavy atom. The number of halogens is 2. The van der Waals surface area contributed by atoms with Crippen molar-refractivity contribution in [2.45, 2.75) is 12.8 Å². The maximum absolute atomic E-state index is 11.2. The maximum Gasteiger partial charge on any atom is 0.371 e. The van der Waals surface area contributed by atoms with Crippen LogP contribution in [-0.2, 0) is 12.8 Å². The molecule has 0 aliphatic rings. The predicted octanol–water partition coefficient (Wildman–Crippen LogP) is 4.60. The molecule has 0 saturated heterocycles. The summed E-state index contributed by atoms with van der Waals surface area (Å²) in [7, 11) is 0. The minimum atomic E-state index is -1.07. The van der Waals surface area contributed by atoms with Crippen LogP contribution in [0.4, 0.5) is 0 Å². The van der Waals surface area contributed by atoms with Crippen molar-refractivity contribution >= 4 is 29.2 Å². The molecule has 2 aromatic carbocycles. The van der Waals surface area contributed by atoms with E-state index in [9.17, 15) is 9.90 Å². The summed E-state index contributed by atoms with van der Waals surface area (Å²) in [6.45, 7) is 0. The number of carbonyl (C=O) groups is 1. The lowest BCUT2D eigenvalue weighted by Gasteiger charge is -2.04. The van der Waals surface area contributed by atoms with Crippen molar-refractivity contribution in [3.8, 4) is 0 Å². The average molecular weight is 361 g/mol. The van der Waals surface area contributed by atoms with Crippen LogP contribution in [0, 0.1) is 0 Å². The van der Waals surface area contributed by atoms with Gasteiger partial charge in [-0.1, -0.05) is 47.5 Å². The number of carboxylic acids is 1. The molecular weight excluding hydrogens is 347 g/mol. The van der Waals surface area contributed by atoms with Crippen LogP contribution in [0.25, 0.3) is 0 Å². The molecule has 122 valence electrons. The lowest BCUT2D eigenvalue weighted by Crippen LogP contribution is -1.99. The first-order valence-corrected chi connectivity index (χ1v) is 8.07. The normalized spacial score (nSPS) is 10.8. The Kier molecular flexibility index (Phi) is 4.88. The van der Waals surface area contributed by atoms with E-state index in [1.165, 1.54) is 0 Å². The highest BCUT2D eigenvalue weighted by Crippen LogP contribution is 2.19. The van der Waals surface area contributed by atoms with Crippen LogP contribution in [0.15, 0.2) is 48.5 Å². The number of carboxylic acid groups (broad SMARTS) is 1. The molecule has 0 amide bonds. The number of imidazole rings is 1. The van der Waals surface area contributed by atoms with Gasteiger partial charge < -0.3 is 10.1 Å². The first-order chi connectivity index (χ1) is 11.5. The average Bonchev–Trinajstić information content (AvgIpc) is 2.95. The standard InChI is InChI=1S/C18H14Cl2N2O2/c19-13-5-1-11(2-6-13)9-15-16(22-17(21-15)18(23)24)10-12-3-7-14(20)8-4-12/h1-8H,9-10H2,(H,21,22)(H,23,24). The Labute approximate surface area is 149 Å². The van der Waals surface area contributed by atoms with Gasteiger partial charge in [-0.05, 0) is 35.4 Å². The Balaban J connectivity index is 1.90. The minimum absolute atomic E-state index is 0.0528. The monoisotopic (exact) mass is 360 g/mol. The van der Waals surface area contributed by atoms with Crippen LogP contribution >= 0.6 is 23.2 Å². The molecule has 3 aromatic rings. The number of benzene rings is 2. The van der Waals surface area contributed by atoms with Gasteiger partial charge in [-0.2, -0.15) is 0 Å². The van der Waals surface area contributed by atoms with Gasteiger partial charge in [-0.15, -0.1) is 0 Å². The second-order valence-electron chi connectivity index (χ2n) is 5.42. The quantitative estimate of drug-likeness (QED) is 0.698. The number of aromatic nitrogens is 2. The zero-order chi connectivity index (χ0) is 17.1. The van der Waals surface area contributed by atoms with Gasteiger partial charge >= 0.3 is 5.97 Å². The van der Waals surface area contributed by atoms with Gasteiger partial charge in [0, 0.05) is 28.6 Å². The Morgan fingerprint density at radius 1 is 0.917 bits per heavy atom. The molecule has 2 N–H and O–H groups in total. The van der Waals surface area contributed by atoms with Gasteiger partial charge in [0.2, 0.25) is 5.82 Å². The summed E-state index contributed by atoms with van der Waals surface area (Å²) < 4.78 is 0. The number of H-pyrrole nitrogens is 1. The molecule has 0 radical (unpaired) electrons. The lowest BCUT2D eigenvalue weighted by molar-refractivity contribution is 0.0684. The summed E-state index contributed by atoms with van der Waals surface area (Å²) in [5, 5.41) is 10.5. The summed E-state index contributed by atoms with van der Waals surface area (Å²) >= 11 is 11.8. The van der Waals surface area contributed by atoms with Crippen LogP contribution < -0.4 is 0 Å². The molecule has 0 aliphatic heterocycles. The second kappa shape index (κ2) is 7.07. The lowest BCUT2D eigenvalue weighted by atomic mass is 10.0. The van der Waals surface area contributed by atoms with Crippen LogP contribution in [0.5, 0.6) is 0 Å². The zero-order valence-corrected chi connectivity index (χ0v) is 14.1. The number of rotatable bonds is 5. The molecule has 0 aliphatic carbocycles. The van der Waals surface area contributed by atoms with E-state index in [4.69, 9.17) is 23.2 Å². The fraction of sp³-hybridized carbons (Fsp3) is 0.111. The minimum Gasteiger partial charge on any atom is -0.475 e. The number of hydrogen-bond donors (Lipinski definition) is 2. The molecule has 3 rings (SSSR count). The van der Waals surface area contributed by atoms with Crippen molar-refractivity contribution in [2.75, 3.05) is 0 Å².